The summed E-state index contributed by atoms with van der Waals surface area (Å²) in [6, 6.07) is 4.00. The fraction of sp³-hybridized carbons (Fsp3) is 0. The van der Waals surface area contributed by atoms with Crippen molar-refractivity contribution in [2.75, 3.05) is 0 Å². The SMILES string of the molecule is O=C(O)c1nn(-c2ccc(F)c(Cl)c2)cc1Br. The van der Waals surface area contributed by atoms with Crippen LogP contribution in [0.15, 0.2) is 28.9 Å². The topological polar surface area (TPSA) is 55.1 Å². The second kappa shape index (κ2) is 4.46. The molecule has 88 valence electrons. The van der Waals surface area contributed by atoms with E-state index in [0.717, 1.165) is 0 Å². The minimum Gasteiger partial charge on any atom is -0.476 e. The van der Waals surface area contributed by atoms with Gasteiger partial charge in [-0.2, -0.15) is 5.10 Å². The van der Waals surface area contributed by atoms with Gasteiger partial charge >= 0.3 is 5.97 Å². The minimum absolute atomic E-state index is 0.0500. The number of aromatic carboxylic acids is 1. The van der Waals surface area contributed by atoms with Crippen molar-refractivity contribution < 1.29 is 14.3 Å². The third-order valence-electron chi connectivity index (χ3n) is 2.04. The molecular weight excluding hydrogens is 314 g/mol. The van der Waals surface area contributed by atoms with Crippen LogP contribution in [0.3, 0.4) is 0 Å². The molecule has 0 unspecified atom stereocenters. The summed E-state index contributed by atoms with van der Waals surface area (Å²) in [6.07, 6.45) is 1.47. The van der Waals surface area contributed by atoms with E-state index in [4.69, 9.17) is 16.7 Å². The number of halogens is 3. The third kappa shape index (κ3) is 2.32. The summed E-state index contributed by atoms with van der Waals surface area (Å²) in [4.78, 5) is 10.8. The molecule has 0 amide bonds. The fourth-order valence-electron chi connectivity index (χ4n) is 1.26. The molecule has 1 aromatic heterocycles. The molecule has 1 heterocycles. The highest BCUT2D eigenvalue weighted by Crippen LogP contribution is 2.21. The van der Waals surface area contributed by atoms with E-state index in [1.165, 1.54) is 29.1 Å². The summed E-state index contributed by atoms with van der Waals surface area (Å²) in [6.45, 7) is 0. The summed E-state index contributed by atoms with van der Waals surface area (Å²) in [5, 5.41) is 12.6. The molecule has 2 rings (SSSR count). The van der Waals surface area contributed by atoms with Crippen molar-refractivity contribution in [3.63, 3.8) is 0 Å². The molecule has 7 heteroatoms. The van der Waals surface area contributed by atoms with Crippen LogP contribution < -0.4 is 0 Å². The molecule has 0 saturated heterocycles. The molecule has 0 aliphatic heterocycles. The van der Waals surface area contributed by atoms with Crippen LogP contribution in [0, 0.1) is 5.82 Å². The van der Waals surface area contributed by atoms with Crippen LogP contribution in [-0.2, 0) is 0 Å². The lowest BCUT2D eigenvalue weighted by atomic mass is 10.3. The Hall–Kier alpha value is -1.40. The molecule has 17 heavy (non-hydrogen) atoms. The van der Waals surface area contributed by atoms with Gasteiger partial charge < -0.3 is 5.11 Å². The van der Waals surface area contributed by atoms with E-state index in [1.54, 1.807) is 0 Å². The average molecular weight is 320 g/mol. The molecule has 2 aromatic rings. The maximum absolute atomic E-state index is 13.0. The molecule has 0 bridgehead atoms. The Morgan fingerprint density at radius 3 is 2.76 bits per heavy atom. The van der Waals surface area contributed by atoms with Crippen molar-refractivity contribution in [2.24, 2.45) is 0 Å². The maximum Gasteiger partial charge on any atom is 0.357 e. The summed E-state index contributed by atoms with van der Waals surface area (Å²) < 4.78 is 14.6. The van der Waals surface area contributed by atoms with Crippen LogP contribution in [-0.4, -0.2) is 20.9 Å². The molecule has 0 atom stereocenters. The largest absolute Gasteiger partial charge is 0.476 e. The summed E-state index contributed by atoms with van der Waals surface area (Å²) in [5.74, 6) is -1.69. The number of nitrogens with zero attached hydrogens (tertiary/aromatic N) is 2. The highest BCUT2D eigenvalue weighted by atomic mass is 79.9. The number of rotatable bonds is 2. The van der Waals surface area contributed by atoms with Crippen LogP contribution in [0.4, 0.5) is 4.39 Å². The first-order chi connectivity index (χ1) is 7.99. The van der Waals surface area contributed by atoms with E-state index in [1.807, 2.05) is 0 Å². The van der Waals surface area contributed by atoms with E-state index in [2.05, 4.69) is 21.0 Å². The predicted octanol–water partition coefficient (Wildman–Crippen LogP) is 3.13. The Morgan fingerprint density at radius 1 is 1.53 bits per heavy atom. The molecule has 1 N–H and O–H groups in total. The van der Waals surface area contributed by atoms with Gasteiger partial charge in [0, 0.05) is 6.20 Å². The number of carbonyl (C=O) groups is 1. The van der Waals surface area contributed by atoms with E-state index < -0.39 is 11.8 Å². The molecule has 0 aliphatic rings. The lowest BCUT2D eigenvalue weighted by molar-refractivity contribution is 0.0689. The summed E-state index contributed by atoms with van der Waals surface area (Å²) >= 11 is 8.71. The molecule has 0 saturated carbocycles. The highest BCUT2D eigenvalue weighted by Gasteiger charge is 2.14. The van der Waals surface area contributed by atoms with Gasteiger partial charge in [-0.25, -0.2) is 13.9 Å². The predicted molar refractivity (Wildman–Crippen MR) is 63.2 cm³/mol. The maximum atomic E-state index is 13.0. The molecule has 0 spiro atoms. The number of aromatic nitrogens is 2. The fourth-order valence-corrected chi connectivity index (χ4v) is 1.88. The summed E-state index contributed by atoms with van der Waals surface area (Å²) in [7, 11) is 0. The lowest BCUT2D eigenvalue weighted by Crippen LogP contribution is -2.01. The Balaban J connectivity index is 2.50. The highest BCUT2D eigenvalue weighted by molar-refractivity contribution is 9.10. The van der Waals surface area contributed by atoms with E-state index in [-0.39, 0.29) is 10.7 Å². The second-order valence-electron chi connectivity index (χ2n) is 3.17. The van der Waals surface area contributed by atoms with Crippen LogP contribution in [0.2, 0.25) is 5.02 Å². The van der Waals surface area contributed by atoms with Gasteiger partial charge in [0.2, 0.25) is 0 Å². The summed E-state index contributed by atoms with van der Waals surface area (Å²) in [5.41, 5.74) is 0.357. The number of hydrogen-bond acceptors (Lipinski definition) is 2. The Morgan fingerprint density at radius 2 is 2.24 bits per heavy atom. The van der Waals surface area contributed by atoms with E-state index >= 15 is 0 Å². The molecular formula is C10H5BrClFN2O2. The zero-order valence-corrected chi connectivity index (χ0v) is 10.5. The third-order valence-corrected chi connectivity index (χ3v) is 2.91. The van der Waals surface area contributed by atoms with Gasteiger partial charge in [0.1, 0.15) is 5.82 Å². The minimum atomic E-state index is -1.15. The number of carboxylic acids is 1. The first-order valence-corrected chi connectivity index (χ1v) is 5.60. The number of hydrogen-bond donors (Lipinski definition) is 1. The van der Waals surface area contributed by atoms with E-state index in [0.29, 0.717) is 10.2 Å². The Bertz CT molecular complexity index is 600. The molecule has 0 fully saturated rings. The monoisotopic (exact) mass is 318 g/mol. The van der Waals surface area contributed by atoms with Crippen molar-refractivity contribution in [3.8, 4) is 5.69 Å². The van der Waals surface area contributed by atoms with Crippen LogP contribution in [0.5, 0.6) is 0 Å². The first kappa shape index (κ1) is 12.1. The van der Waals surface area contributed by atoms with Crippen LogP contribution in [0.25, 0.3) is 5.69 Å². The molecule has 1 aromatic carbocycles. The molecule has 4 nitrogen and oxygen atoms in total. The van der Waals surface area contributed by atoms with Gasteiger partial charge in [-0.05, 0) is 34.1 Å². The lowest BCUT2D eigenvalue weighted by Gasteiger charge is -2.01. The van der Waals surface area contributed by atoms with Gasteiger partial charge in [-0.3, -0.25) is 0 Å². The zero-order valence-electron chi connectivity index (χ0n) is 8.19. The smallest absolute Gasteiger partial charge is 0.357 e. The standard InChI is InChI=1S/C10H5BrClFN2O2/c11-6-4-15(14-9(6)10(16)17)5-1-2-8(13)7(12)3-5/h1-4H,(H,16,17). The Labute approximate surface area is 109 Å². The first-order valence-electron chi connectivity index (χ1n) is 4.43. The number of benzene rings is 1. The van der Waals surface area contributed by atoms with Crippen LogP contribution >= 0.6 is 27.5 Å². The zero-order chi connectivity index (χ0) is 12.6. The van der Waals surface area contributed by atoms with E-state index in [9.17, 15) is 9.18 Å². The molecule has 0 radical (unpaired) electrons. The molecule has 0 aliphatic carbocycles. The average Bonchev–Trinajstić information content (AvgIpc) is 2.64. The normalized spacial score (nSPS) is 10.5. The van der Waals surface area contributed by atoms with Crippen molar-refractivity contribution in [3.05, 3.63) is 45.4 Å². The Kier molecular flexibility index (Phi) is 3.17. The van der Waals surface area contributed by atoms with Crippen molar-refractivity contribution >= 4 is 33.5 Å². The van der Waals surface area contributed by atoms with Gasteiger partial charge in [0.05, 0.1) is 15.2 Å². The van der Waals surface area contributed by atoms with Gasteiger partial charge in [-0.15, -0.1) is 0 Å². The second-order valence-corrected chi connectivity index (χ2v) is 4.44. The number of carboxylic acid groups (broad SMARTS) is 1. The van der Waals surface area contributed by atoms with Gasteiger partial charge in [0.25, 0.3) is 0 Å². The van der Waals surface area contributed by atoms with Gasteiger partial charge in [-0.1, -0.05) is 11.6 Å². The van der Waals surface area contributed by atoms with Crippen molar-refractivity contribution in [1.82, 2.24) is 9.78 Å². The van der Waals surface area contributed by atoms with Crippen LogP contribution in [0.1, 0.15) is 10.5 Å². The quantitative estimate of drug-likeness (QED) is 0.925. The van der Waals surface area contributed by atoms with Gasteiger partial charge in [0.15, 0.2) is 5.69 Å². The van der Waals surface area contributed by atoms with Crippen molar-refractivity contribution in [2.45, 2.75) is 0 Å². The van der Waals surface area contributed by atoms with Crippen molar-refractivity contribution in [1.29, 1.82) is 0 Å².